The molecular formula is C22H20N4O3S. The van der Waals surface area contributed by atoms with E-state index >= 15 is 0 Å². The molecule has 0 N–H and O–H groups in total. The van der Waals surface area contributed by atoms with Crippen molar-refractivity contribution in [1.29, 1.82) is 5.26 Å². The summed E-state index contributed by atoms with van der Waals surface area (Å²) >= 11 is 1.43. The molecule has 7 nitrogen and oxygen atoms in total. The number of thioether (sulfide) groups is 1. The van der Waals surface area contributed by atoms with E-state index in [1.54, 1.807) is 23.1 Å². The van der Waals surface area contributed by atoms with Gasteiger partial charge in [-0.3, -0.25) is 19.8 Å². The number of rotatable bonds is 3. The molecule has 2 aliphatic rings. The summed E-state index contributed by atoms with van der Waals surface area (Å²) < 4.78 is 0. The monoisotopic (exact) mass is 420 g/mol. The first-order valence-corrected chi connectivity index (χ1v) is 10.5. The predicted molar refractivity (Wildman–Crippen MR) is 116 cm³/mol. The number of para-hydroxylation sites is 1. The number of hydrogen-bond donors (Lipinski definition) is 0. The zero-order chi connectivity index (χ0) is 21.4. The van der Waals surface area contributed by atoms with Crippen LogP contribution in [0.4, 0.5) is 11.4 Å². The van der Waals surface area contributed by atoms with Crippen molar-refractivity contribution < 1.29 is 9.72 Å². The van der Waals surface area contributed by atoms with Crippen molar-refractivity contribution in [3.8, 4) is 6.07 Å². The average molecular weight is 420 g/mol. The van der Waals surface area contributed by atoms with Crippen molar-refractivity contribution >= 4 is 29.0 Å². The van der Waals surface area contributed by atoms with Gasteiger partial charge in [0.25, 0.3) is 5.69 Å². The second-order valence-electron chi connectivity index (χ2n) is 7.45. The van der Waals surface area contributed by atoms with Crippen LogP contribution in [0.3, 0.4) is 0 Å². The van der Waals surface area contributed by atoms with E-state index in [4.69, 9.17) is 0 Å². The Morgan fingerprint density at radius 3 is 2.67 bits per heavy atom. The van der Waals surface area contributed by atoms with Gasteiger partial charge in [0.05, 0.1) is 34.1 Å². The van der Waals surface area contributed by atoms with Crippen LogP contribution in [-0.4, -0.2) is 28.3 Å². The lowest BCUT2D eigenvalue weighted by Gasteiger charge is -2.42. The molecule has 2 heterocycles. The van der Waals surface area contributed by atoms with Gasteiger partial charge in [0.1, 0.15) is 0 Å². The molecule has 1 amide bonds. The Morgan fingerprint density at radius 2 is 1.97 bits per heavy atom. The zero-order valence-electron chi connectivity index (χ0n) is 16.7. The van der Waals surface area contributed by atoms with Gasteiger partial charge in [-0.1, -0.05) is 36.0 Å². The molecule has 0 aliphatic carbocycles. The standard InChI is InChI=1S/C22H20N4O3S/c1-14-7-8-16(9-15(14)2)24-12-25-21(27)10-18(19(11-23)22(25)30-13-24)17-5-3-4-6-20(17)26(28)29/h3-9,18H,10,12-13H2,1-2H3/t18-/m0/s1. The van der Waals surface area contributed by atoms with Gasteiger partial charge in [-0.2, -0.15) is 5.26 Å². The molecule has 0 bridgehead atoms. The molecule has 0 unspecified atom stereocenters. The number of amides is 1. The highest BCUT2D eigenvalue weighted by Crippen LogP contribution is 2.45. The van der Waals surface area contributed by atoms with Gasteiger partial charge in [0.15, 0.2) is 0 Å². The fraction of sp³-hybridized carbons (Fsp3) is 0.273. The van der Waals surface area contributed by atoms with E-state index in [0.717, 1.165) is 5.69 Å². The second kappa shape index (κ2) is 7.84. The van der Waals surface area contributed by atoms with Crippen LogP contribution in [0.5, 0.6) is 0 Å². The Balaban J connectivity index is 1.70. The number of anilines is 1. The molecule has 0 spiro atoms. The number of aryl methyl sites for hydroxylation is 2. The van der Waals surface area contributed by atoms with Crippen LogP contribution in [0.2, 0.25) is 0 Å². The number of fused-ring (bicyclic) bond motifs is 1. The molecule has 152 valence electrons. The van der Waals surface area contributed by atoms with Crippen molar-refractivity contribution in [3.05, 3.63) is 79.9 Å². The Labute approximate surface area is 178 Å². The quantitative estimate of drug-likeness (QED) is 0.539. The number of nitro benzene ring substituents is 1. The number of nitrogens with zero attached hydrogens (tertiary/aromatic N) is 4. The molecule has 2 aromatic rings. The highest BCUT2D eigenvalue weighted by molar-refractivity contribution is 8.03. The van der Waals surface area contributed by atoms with Gasteiger partial charge in [-0.05, 0) is 37.1 Å². The van der Waals surface area contributed by atoms with Crippen molar-refractivity contribution in [3.63, 3.8) is 0 Å². The van der Waals surface area contributed by atoms with E-state index in [2.05, 4.69) is 36.9 Å². The first-order chi connectivity index (χ1) is 14.4. The molecule has 2 aromatic carbocycles. The zero-order valence-corrected chi connectivity index (χ0v) is 17.5. The Kier molecular flexibility index (Phi) is 5.22. The van der Waals surface area contributed by atoms with E-state index in [0.29, 0.717) is 28.7 Å². The van der Waals surface area contributed by atoms with Gasteiger partial charge in [0, 0.05) is 29.7 Å². The van der Waals surface area contributed by atoms with Crippen LogP contribution in [0.25, 0.3) is 0 Å². The van der Waals surface area contributed by atoms with E-state index < -0.39 is 10.8 Å². The van der Waals surface area contributed by atoms with Gasteiger partial charge in [0.2, 0.25) is 5.91 Å². The molecule has 1 fully saturated rings. The molecule has 2 aliphatic heterocycles. The third-order valence-electron chi connectivity index (χ3n) is 5.66. The first kappa shape index (κ1) is 20.0. The van der Waals surface area contributed by atoms with Crippen LogP contribution in [0, 0.1) is 35.3 Å². The lowest BCUT2D eigenvalue weighted by atomic mass is 9.85. The normalized spacial score (nSPS) is 18.8. The first-order valence-electron chi connectivity index (χ1n) is 9.53. The average Bonchev–Trinajstić information content (AvgIpc) is 2.75. The summed E-state index contributed by atoms with van der Waals surface area (Å²) in [5.41, 5.74) is 4.19. The molecule has 0 radical (unpaired) electrons. The van der Waals surface area contributed by atoms with Crippen molar-refractivity contribution in [2.24, 2.45) is 0 Å². The van der Waals surface area contributed by atoms with Gasteiger partial charge >= 0.3 is 0 Å². The van der Waals surface area contributed by atoms with E-state index in [9.17, 15) is 20.2 Å². The number of carbonyl (C=O) groups is 1. The lowest BCUT2D eigenvalue weighted by molar-refractivity contribution is -0.385. The Bertz CT molecular complexity index is 1120. The van der Waals surface area contributed by atoms with Crippen molar-refractivity contribution in [1.82, 2.24) is 4.90 Å². The number of hydrogen-bond acceptors (Lipinski definition) is 6. The smallest absolute Gasteiger partial charge is 0.273 e. The van der Waals surface area contributed by atoms with E-state index in [-0.39, 0.29) is 18.0 Å². The molecular weight excluding hydrogens is 400 g/mol. The summed E-state index contributed by atoms with van der Waals surface area (Å²) in [6, 6.07) is 14.8. The maximum Gasteiger partial charge on any atom is 0.273 e. The molecule has 1 atom stereocenters. The molecule has 0 saturated carbocycles. The Morgan fingerprint density at radius 1 is 1.20 bits per heavy atom. The summed E-state index contributed by atoms with van der Waals surface area (Å²) in [5.74, 6) is -0.139. The largest absolute Gasteiger partial charge is 0.344 e. The molecule has 4 rings (SSSR count). The number of nitriles is 1. The molecule has 1 saturated heterocycles. The Hall–Kier alpha value is -3.31. The third-order valence-corrected chi connectivity index (χ3v) is 6.81. The van der Waals surface area contributed by atoms with Gasteiger partial charge in [-0.25, -0.2) is 0 Å². The lowest BCUT2D eigenvalue weighted by Crippen LogP contribution is -2.47. The SMILES string of the molecule is Cc1ccc(N2CSC3=C(C#N)[C@H](c4ccccc4[N+](=O)[O-])CC(=O)N3C2)cc1C. The van der Waals surface area contributed by atoms with Crippen LogP contribution < -0.4 is 4.90 Å². The molecule has 30 heavy (non-hydrogen) atoms. The van der Waals surface area contributed by atoms with Gasteiger partial charge < -0.3 is 4.90 Å². The van der Waals surface area contributed by atoms with Crippen LogP contribution in [0.1, 0.15) is 29.0 Å². The fourth-order valence-corrected chi connectivity index (χ4v) is 5.03. The van der Waals surface area contributed by atoms with Crippen LogP contribution >= 0.6 is 11.8 Å². The minimum atomic E-state index is -0.601. The fourth-order valence-electron chi connectivity index (χ4n) is 3.86. The predicted octanol–water partition coefficient (Wildman–Crippen LogP) is 4.43. The number of nitro groups is 1. The summed E-state index contributed by atoms with van der Waals surface area (Å²) in [6.45, 7) is 4.47. The van der Waals surface area contributed by atoms with E-state index in [1.165, 1.54) is 29.0 Å². The summed E-state index contributed by atoms with van der Waals surface area (Å²) in [7, 11) is 0. The highest BCUT2D eigenvalue weighted by atomic mass is 32.2. The number of allylic oxidation sites excluding steroid dienone is 1. The van der Waals surface area contributed by atoms with Gasteiger partial charge in [-0.15, -0.1) is 0 Å². The highest BCUT2D eigenvalue weighted by Gasteiger charge is 2.40. The van der Waals surface area contributed by atoms with Crippen LogP contribution in [0.15, 0.2) is 53.1 Å². The minimum Gasteiger partial charge on any atom is -0.344 e. The molecule has 0 aromatic heterocycles. The van der Waals surface area contributed by atoms with E-state index in [1.807, 2.05) is 6.07 Å². The summed E-state index contributed by atoms with van der Waals surface area (Å²) in [4.78, 5) is 27.8. The minimum absolute atomic E-state index is 0.0403. The maximum absolute atomic E-state index is 13.0. The molecule has 8 heteroatoms. The summed E-state index contributed by atoms with van der Waals surface area (Å²) in [6.07, 6.45) is 0.0403. The summed E-state index contributed by atoms with van der Waals surface area (Å²) in [5, 5.41) is 22.0. The topological polar surface area (TPSA) is 90.5 Å². The number of benzene rings is 2. The van der Waals surface area contributed by atoms with Crippen LogP contribution in [-0.2, 0) is 4.79 Å². The van der Waals surface area contributed by atoms with Crippen molar-refractivity contribution in [2.45, 2.75) is 26.2 Å². The maximum atomic E-state index is 13.0. The van der Waals surface area contributed by atoms with Crippen molar-refractivity contribution in [2.75, 3.05) is 17.4 Å². The second-order valence-corrected chi connectivity index (χ2v) is 8.38. The number of carbonyl (C=O) groups excluding carboxylic acids is 1. The third kappa shape index (κ3) is 3.42.